The van der Waals surface area contributed by atoms with Gasteiger partial charge in [0.05, 0.1) is 18.2 Å². The summed E-state index contributed by atoms with van der Waals surface area (Å²) in [6, 6.07) is 22.9. The molecule has 126 valence electrons. The zero-order valence-corrected chi connectivity index (χ0v) is 14.4. The molecule has 3 aromatic rings. The first-order valence-electron chi connectivity index (χ1n) is 8.52. The Balaban J connectivity index is 1.79. The number of nitrogens with zero attached hydrogens (tertiary/aromatic N) is 2. The number of aliphatic hydroxyl groups excluding tert-OH is 1. The predicted octanol–water partition coefficient (Wildman–Crippen LogP) is 3.85. The van der Waals surface area contributed by atoms with E-state index in [0.29, 0.717) is 12.1 Å². The third kappa shape index (κ3) is 4.24. The highest BCUT2D eigenvalue weighted by Gasteiger charge is 2.03. The number of hydrogen-bond donors (Lipinski definition) is 1. The fourth-order valence-corrected chi connectivity index (χ4v) is 2.97. The largest absolute Gasteiger partial charge is 0.395 e. The molecule has 0 amide bonds. The summed E-state index contributed by atoms with van der Waals surface area (Å²) >= 11 is 0. The van der Waals surface area contributed by atoms with Gasteiger partial charge in [0.15, 0.2) is 0 Å². The molecule has 3 aromatic carbocycles. The van der Waals surface area contributed by atoms with Crippen molar-refractivity contribution in [1.29, 1.82) is 5.26 Å². The van der Waals surface area contributed by atoms with Crippen LogP contribution in [0.4, 0.5) is 0 Å². The molecule has 0 atom stereocenters. The van der Waals surface area contributed by atoms with Crippen molar-refractivity contribution in [3.05, 3.63) is 71.8 Å². The van der Waals surface area contributed by atoms with Crippen molar-refractivity contribution >= 4 is 10.8 Å². The molecule has 0 bridgehead atoms. The summed E-state index contributed by atoms with van der Waals surface area (Å²) in [5.74, 6) is 0. The van der Waals surface area contributed by atoms with Crippen molar-refractivity contribution in [1.82, 2.24) is 4.90 Å². The zero-order chi connectivity index (χ0) is 17.6. The van der Waals surface area contributed by atoms with Gasteiger partial charge in [-0.1, -0.05) is 42.5 Å². The number of fused-ring (bicyclic) bond motifs is 1. The fourth-order valence-electron chi connectivity index (χ4n) is 2.97. The highest BCUT2D eigenvalue weighted by molar-refractivity contribution is 5.87. The van der Waals surface area contributed by atoms with E-state index in [2.05, 4.69) is 47.4 Å². The second kappa shape index (κ2) is 7.94. The van der Waals surface area contributed by atoms with Crippen molar-refractivity contribution in [2.75, 3.05) is 26.7 Å². The molecule has 0 aliphatic rings. The monoisotopic (exact) mass is 330 g/mol. The second-order valence-electron chi connectivity index (χ2n) is 6.36. The minimum absolute atomic E-state index is 0.201. The first-order chi connectivity index (χ1) is 12.2. The van der Waals surface area contributed by atoms with Gasteiger partial charge in [-0.2, -0.15) is 5.26 Å². The van der Waals surface area contributed by atoms with Crippen LogP contribution in [0.3, 0.4) is 0 Å². The third-order valence-electron chi connectivity index (χ3n) is 4.52. The van der Waals surface area contributed by atoms with Crippen LogP contribution in [0.15, 0.2) is 60.7 Å². The van der Waals surface area contributed by atoms with Crippen molar-refractivity contribution in [3.63, 3.8) is 0 Å². The molecule has 25 heavy (non-hydrogen) atoms. The number of benzene rings is 3. The standard InChI is InChI=1S/C22H22N2O/c1-24(12-13-25)11-10-17-2-7-22-15-21(9-8-20(22)14-17)19-5-3-18(16-23)4-6-19/h2-9,14-15,25H,10-13H2,1H3. The number of rotatable bonds is 6. The maximum atomic E-state index is 8.97. The summed E-state index contributed by atoms with van der Waals surface area (Å²) < 4.78 is 0. The maximum Gasteiger partial charge on any atom is 0.0991 e. The summed E-state index contributed by atoms with van der Waals surface area (Å²) in [5, 5.41) is 20.3. The Kier molecular flexibility index (Phi) is 5.45. The van der Waals surface area contributed by atoms with E-state index in [9.17, 15) is 0 Å². The lowest BCUT2D eigenvalue weighted by atomic mass is 9.98. The van der Waals surface area contributed by atoms with Crippen LogP contribution in [0.5, 0.6) is 0 Å². The lowest BCUT2D eigenvalue weighted by Gasteiger charge is -2.15. The van der Waals surface area contributed by atoms with Crippen LogP contribution in [0, 0.1) is 11.3 Å². The van der Waals surface area contributed by atoms with Crippen LogP contribution in [-0.4, -0.2) is 36.8 Å². The Morgan fingerprint density at radius 1 is 0.880 bits per heavy atom. The van der Waals surface area contributed by atoms with Crippen molar-refractivity contribution in [2.45, 2.75) is 6.42 Å². The quantitative estimate of drug-likeness (QED) is 0.747. The molecule has 0 saturated heterocycles. The Bertz CT molecular complexity index is 894. The first-order valence-corrected chi connectivity index (χ1v) is 8.52. The second-order valence-corrected chi connectivity index (χ2v) is 6.36. The van der Waals surface area contributed by atoms with Crippen LogP contribution in [0.25, 0.3) is 21.9 Å². The van der Waals surface area contributed by atoms with E-state index < -0.39 is 0 Å². The van der Waals surface area contributed by atoms with Gasteiger partial charge in [-0.3, -0.25) is 0 Å². The van der Waals surface area contributed by atoms with E-state index in [0.717, 1.165) is 24.1 Å². The topological polar surface area (TPSA) is 47.3 Å². The zero-order valence-electron chi connectivity index (χ0n) is 14.4. The van der Waals surface area contributed by atoms with Crippen LogP contribution < -0.4 is 0 Å². The molecule has 3 nitrogen and oxygen atoms in total. The van der Waals surface area contributed by atoms with E-state index in [4.69, 9.17) is 10.4 Å². The summed E-state index contributed by atoms with van der Waals surface area (Å²) in [6.45, 7) is 1.85. The molecule has 3 rings (SSSR count). The van der Waals surface area contributed by atoms with Gasteiger partial charge in [-0.25, -0.2) is 0 Å². The smallest absolute Gasteiger partial charge is 0.0991 e. The number of likely N-dealkylation sites (N-methyl/N-ethyl adjacent to an activating group) is 1. The van der Waals surface area contributed by atoms with Crippen molar-refractivity contribution < 1.29 is 5.11 Å². The molecule has 0 heterocycles. The van der Waals surface area contributed by atoms with E-state index >= 15 is 0 Å². The van der Waals surface area contributed by atoms with Gasteiger partial charge in [0.25, 0.3) is 0 Å². The first kappa shape index (κ1) is 17.2. The van der Waals surface area contributed by atoms with Gasteiger partial charge in [0, 0.05) is 13.1 Å². The molecular formula is C22H22N2O. The van der Waals surface area contributed by atoms with Crippen LogP contribution in [0.1, 0.15) is 11.1 Å². The number of aliphatic hydroxyl groups is 1. The summed E-state index contributed by atoms with van der Waals surface area (Å²) in [5.41, 5.74) is 4.27. The molecule has 0 aromatic heterocycles. The molecule has 0 unspecified atom stereocenters. The molecule has 3 heteroatoms. The van der Waals surface area contributed by atoms with Gasteiger partial charge in [0.1, 0.15) is 0 Å². The van der Waals surface area contributed by atoms with Crippen LogP contribution in [-0.2, 0) is 6.42 Å². The van der Waals surface area contributed by atoms with Gasteiger partial charge in [-0.15, -0.1) is 0 Å². The summed E-state index contributed by atoms with van der Waals surface area (Å²) in [6.07, 6.45) is 0.976. The maximum absolute atomic E-state index is 8.97. The van der Waals surface area contributed by atoms with E-state index in [1.54, 1.807) is 0 Å². The van der Waals surface area contributed by atoms with E-state index in [1.165, 1.54) is 16.3 Å². The van der Waals surface area contributed by atoms with E-state index in [-0.39, 0.29) is 6.61 Å². The predicted molar refractivity (Wildman–Crippen MR) is 102 cm³/mol. The van der Waals surface area contributed by atoms with Gasteiger partial charge in [0.2, 0.25) is 0 Å². The highest BCUT2D eigenvalue weighted by atomic mass is 16.3. The Hall–Kier alpha value is -2.67. The van der Waals surface area contributed by atoms with Gasteiger partial charge in [-0.05, 0) is 59.1 Å². The van der Waals surface area contributed by atoms with Crippen LogP contribution in [0.2, 0.25) is 0 Å². The number of hydrogen-bond acceptors (Lipinski definition) is 3. The number of nitriles is 1. The lowest BCUT2D eigenvalue weighted by molar-refractivity contribution is 0.223. The molecule has 0 aliphatic carbocycles. The molecule has 0 saturated carbocycles. The lowest BCUT2D eigenvalue weighted by Crippen LogP contribution is -2.24. The molecular weight excluding hydrogens is 308 g/mol. The minimum Gasteiger partial charge on any atom is -0.395 e. The minimum atomic E-state index is 0.201. The van der Waals surface area contributed by atoms with Crippen LogP contribution >= 0.6 is 0 Å². The molecule has 0 aliphatic heterocycles. The average Bonchev–Trinajstić information content (AvgIpc) is 2.66. The summed E-state index contributed by atoms with van der Waals surface area (Å²) in [7, 11) is 2.03. The summed E-state index contributed by atoms with van der Waals surface area (Å²) in [4.78, 5) is 2.14. The molecule has 1 N–H and O–H groups in total. The van der Waals surface area contributed by atoms with Gasteiger partial charge >= 0.3 is 0 Å². The Morgan fingerprint density at radius 3 is 2.28 bits per heavy atom. The molecule has 0 radical (unpaired) electrons. The molecule has 0 fully saturated rings. The third-order valence-corrected chi connectivity index (χ3v) is 4.52. The Morgan fingerprint density at radius 2 is 1.56 bits per heavy atom. The van der Waals surface area contributed by atoms with Crippen molar-refractivity contribution in [2.24, 2.45) is 0 Å². The fraction of sp³-hybridized carbons (Fsp3) is 0.227. The van der Waals surface area contributed by atoms with Gasteiger partial charge < -0.3 is 10.0 Å². The Labute approximate surface area is 148 Å². The van der Waals surface area contributed by atoms with Crippen molar-refractivity contribution in [3.8, 4) is 17.2 Å². The van der Waals surface area contributed by atoms with E-state index in [1.807, 2.05) is 31.3 Å². The highest BCUT2D eigenvalue weighted by Crippen LogP contribution is 2.25. The average molecular weight is 330 g/mol. The normalized spacial score (nSPS) is 11.0. The molecule has 0 spiro atoms. The SMILES string of the molecule is CN(CCO)CCc1ccc2cc(-c3ccc(C#N)cc3)ccc2c1.